The van der Waals surface area contributed by atoms with Crippen LogP contribution in [0.15, 0.2) is 83.8 Å². The highest BCUT2D eigenvalue weighted by molar-refractivity contribution is 7.92. The molecule has 0 aromatic heterocycles. The number of carbonyl (C=O) groups is 1. The summed E-state index contributed by atoms with van der Waals surface area (Å²) in [4.78, 5) is 13.2. The van der Waals surface area contributed by atoms with Crippen molar-refractivity contribution in [2.75, 3.05) is 10.0 Å². The van der Waals surface area contributed by atoms with Gasteiger partial charge < -0.3 is 5.32 Å². The first-order valence-corrected chi connectivity index (χ1v) is 11.1. The van der Waals surface area contributed by atoms with Crippen LogP contribution in [0.2, 0.25) is 0 Å². The third-order valence-electron chi connectivity index (χ3n) is 5.46. The molecule has 0 spiro atoms. The molecule has 0 radical (unpaired) electrons. The zero-order chi connectivity index (χ0) is 21.2. The highest BCUT2D eigenvalue weighted by atomic mass is 32.2. The van der Waals surface area contributed by atoms with E-state index in [1.54, 1.807) is 54.6 Å². The van der Waals surface area contributed by atoms with Crippen molar-refractivity contribution in [2.24, 2.45) is 0 Å². The van der Waals surface area contributed by atoms with E-state index in [0.717, 1.165) is 12.0 Å². The molecule has 0 heterocycles. The van der Waals surface area contributed by atoms with Gasteiger partial charge in [-0.25, -0.2) is 12.8 Å². The van der Waals surface area contributed by atoms with Crippen molar-refractivity contribution in [1.29, 1.82) is 0 Å². The number of amides is 1. The number of carbonyl (C=O) groups excluding carboxylic acids is 1. The molecule has 1 amide bonds. The van der Waals surface area contributed by atoms with Crippen molar-refractivity contribution >= 4 is 27.3 Å². The zero-order valence-corrected chi connectivity index (χ0v) is 17.0. The maximum absolute atomic E-state index is 13.3. The largest absolute Gasteiger partial charge is 0.325 e. The summed E-state index contributed by atoms with van der Waals surface area (Å²) in [5.74, 6) is -0.518. The van der Waals surface area contributed by atoms with Crippen LogP contribution in [0.5, 0.6) is 0 Å². The van der Waals surface area contributed by atoms with Gasteiger partial charge in [0.1, 0.15) is 5.82 Å². The molecule has 4 rings (SSSR count). The van der Waals surface area contributed by atoms with Gasteiger partial charge in [0.2, 0.25) is 5.91 Å². The van der Waals surface area contributed by atoms with Gasteiger partial charge in [-0.1, -0.05) is 42.8 Å². The van der Waals surface area contributed by atoms with E-state index in [-0.39, 0.29) is 16.6 Å². The van der Waals surface area contributed by atoms with Crippen LogP contribution >= 0.6 is 0 Å². The highest BCUT2D eigenvalue weighted by Crippen LogP contribution is 2.44. The van der Waals surface area contributed by atoms with E-state index >= 15 is 0 Å². The Hall–Kier alpha value is -3.19. The summed E-state index contributed by atoms with van der Waals surface area (Å²) in [6.07, 6.45) is 2.29. The summed E-state index contributed by atoms with van der Waals surface area (Å²) >= 11 is 0. The molecule has 30 heavy (non-hydrogen) atoms. The second kappa shape index (κ2) is 7.91. The minimum absolute atomic E-state index is 0.157. The Morgan fingerprint density at radius 1 is 0.867 bits per heavy atom. The lowest BCUT2D eigenvalue weighted by Gasteiger charge is -2.40. The SMILES string of the molecule is O=C(Nc1cccc(NS(=O)(=O)c2ccccc2)c1)C1(c2ccc(F)cc2)CCC1. The number of rotatable bonds is 6. The monoisotopic (exact) mass is 424 g/mol. The lowest BCUT2D eigenvalue weighted by atomic mass is 9.64. The zero-order valence-electron chi connectivity index (χ0n) is 16.1. The first-order valence-electron chi connectivity index (χ1n) is 9.65. The third-order valence-corrected chi connectivity index (χ3v) is 6.86. The normalized spacial score (nSPS) is 15.1. The molecule has 0 bridgehead atoms. The van der Waals surface area contributed by atoms with E-state index in [0.29, 0.717) is 24.2 Å². The van der Waals surface area contributed by atoms with Crippen LogP contribution < -0.4 is 10.0 Å². The van der Waals surface area contributed by atoms with Gasteiger partial charge in [-0.05, 0) is 60.9 Å². The topological polar surface area (TPSA) is 75.3 Å². The minimum atomic E-state index is -3.73. The van der Waals surface area contributed by atoms with Crippen LogP contribution in [0.1, 0.15) is 24.8 Å². The van der Waals surface area contributed by atoms with Crippen LogP contribution in [0, 0.1) is 5.82 Å². The lowest BCUT2D eigenvalue weighted by Crippen LogP contribution is -2.46. The number of hydrogen-bond donors (Lipinski definition) is 2. The predicted molar refractivity (Wildman–Crippen MR) is 114 cm³/mol. The van der Waals surface area contributed by atoms with E-state index in [9.17, 15) is 17.6 Å². The molecule has 0 atom stereocenters. The molecule has 7 heteroatoms. The molecule has 2 N–H and O–H groups in total. The van der Waals surface area contributed by atoms with Crippen molar-refractivity contribution in [1.82, 2.24) is 0 Å². The van der Waals surface area contributed by atoms with E-state index < -0.39 is 15.4 Å². The Bertz CT molecular complexity index is 1160. The first-order chi connectivity index (χ1) is 14.4. The summed E-state index contributed by atoms with van der Waals surface area (Å²) in [6, 6.07) is 20.7. The Kier molecular flexibility index (Phi) is 5.30. The van der Waals surface area contributed by atoms with Gasteiger partial charge in [0.05, 0.1) is 16.0 Å². The number of hydrogen-bond acceptors (Lipinski definition) is 3. The summed E-state index contributed by atoms with van der Waals surface area (Å²) < 4.78 is 40.9. The molecular weight excluding hydrogens is 403 g/mol. The summed E-state index contributed by atoms with van der Waals surface area (Å²) in [5, 5.41) is 2.90. The van der Waals surface area contributed by atoms with Crippen molar-refractivity contribution in [2.45, 2.75) is 29.6 Å². The van der Waals surface area contributed by atoms with Gasteiger partial charge in [0.15, 0.2) is 0 Å². The van der Waals surface area contributed by atoms with E-state index in [1.807, 2.05) is 0 Å². The predicted octanol–water partition coefficient (Wildman–Crippen LogP) is 4.69. The van der Waals surface area contributed by atoms with E-state index in [4.69, 9.17) is 0 Å². The molecule has 0 aliphatic heterocycles. The Morgan fingerprint density at radius 2 is 1.53 bits per heavy atom. The second-order valence-corrected chi connectivity index (χ2v) is 9.08. The van der Waals surface area contributed by atoms with Gasteiger partial charge in [-0.3, -0.25) is 9.52 Å². The number of halogens is 1. The fraction of sp³-hybridized carbons (Fsp3) is 0.174. The van der Waals surface area contributed by atoms with Crippen molar-refractivity contribution in [3.63, 3.8) is 0 Å². The van der Waals surface area contributed by atoms with Crippen LogP contribution in [-0.2, 0) is 20.2 Å². The van der Waals surface area contributed by atoms with E-state index in [1.165, 1.54) is 24.3 Å². The smallest absolute Gasteiger partial charge is 0.261 e. The molecule has 1 saturated carbocycles. The Morgan fingerprint density at radius 3 is 2.17 bits per heavy atom. The quantitative estimate of drug-likeness (QED) is 0.603. The van der Waals surface area contributed by atoms with Gasteiger partial charge in [0.25, 0.3) is 10.0 Å². The lowest BCUT2D eigenvalue weighted by molar-refractivity contribution is -0.124. The second-order valence-electron chi connectivity index (χ2n) is 7.40. The van der Waals surface area contributed by atoms with Crippen LogP contribution in [0.25, 0.3) is 0 Å². The molecule has 0 unspecified atom stereocenters. The number of nitrogens with one attached hydrogen (secondary N) is 2. The standard InChI is InChI=1S/C23H21FN2O3S/c24-18-12-10-17(11-13-18)23(14-5-15-23)22(27)25-19-6-4-7-20(16-19)26-30(28,29)21-8-2-1-3-9-21/h1-4,6-13,16,26H,5,14-15H2,(H,25,27). The van der Waals surface area contributed by atoms with Gasteiger partial charge in [0, 0.05) is 5.69 Å². The van der Waals surface area contributed by atoms with Crippen LogP contribution in [0.4, 0.5) is 15.8 Å². The van der Waals surface area contributed by atoms with Crippen LogP contribution in [-0.4, -0.2) is 14.3 Å². The van der Waals surface area contributed by atoms with Gasteiger partial charge in [-0.2, -0.15) is 0 Å². The molecule has 1 fully saturated rings. The average molecular weight is 424 g/mol. The molecule has 154 valence electrons. The average Bonchev–Trinajstić information content (AvgIpc) is 2.69. The number of sulfonamides is 1. The minimum Gasteiger partial charge on any atom is -0.325 e. The molecule has 1 aliphatic rings. The molecule has 3 aromatic carbocycles. The molecular formula is C23H21FN2O3S. The maximum Gasteiger partial charge on any atom is 0.261 e. The first kappa shape index (κ1) is 20.1. The third kappa shape index (κ3) is 3.93. The van der Waals surface area contributed by atoms with Crippen molar-refractivity contribution < 1.29 is 17.6 Å². The molecule has 1 aliphatic carbocycles. The Balaban J connectivity index is 1.53. The maximum atomic E-state index is 13.3. The highest BCUT2D eigenvalue weighted by Gasteiger charge is 2.45. The molecule has 5 nitrogen and oxygen atoms in total. The summed E-state index contributed by atoms with van der Waals surface area (Å²) in [7, 11) is -3.73. The summed E-state index contributed by atoms with van der Waals surface area (Å²) in [6.45, 7) is 0. The van der Waals surface area contributed by atoms with E-state index in [2.05, 4.69) is 10.0 Å². The number of anilines is 2. The Labute approximate surface area is 175 Å². The summed E-state index contributed by atoms with van der Waals surface area (Å²) in [5.41, 5.74) is 0.934. The fourth-order valence-electron chi connectivity index (χ4n) is 3.67. The molecule has 3 aromatic rings. The van der Waals surface area contributed by atoms with Crippen molar-refractivity contribution in [3.8, 4) is 0 Å². The van der Waals surface area contributed by atoms with Crippen molar-refractivity contribution in [3.05, 3.63) is 90.2 Å². The number of benzene rings is 3. The fourth-order valence-corrected chi connectivity index (χ4v) is 4.74. The van der Waals surface area contributed by atoms with Gasteiger partial charge in [-0.15, -0.1) is 0 Å². The van der Waals surface area contributed by atoms with Gasteiger partial charge >= 0.3 is 0 Å². The molecule has 0 saturated heterocycles. The van der Waals surface area contributed by atoms with Crippen LogP contribution in [0.3, 0.4) is 0 Å².